The van der Waals surface area contributed by atoms with Crippen LogP contribution in [0.2, 0.25) is 0 Å². The highest BCUT2D eigenvalue weighted by Crippen LogP contribution is 2.17. The van der Waals surface area contributed by atoms with Crippen molar-refractivity contribution in [3.63, 3.8) is 0 Å². The highest BCUT2D eigenvalue weighted by atomic mass is 16.6. The second-order valence-corrected chi connectivity index (χ2v) is 22.0. The van der Waals surface area contributed by atoms with Crippen LogP contribution in [0.5, 0.6) is 0 Å². The topological polar surface area (TPSA) is 78.9 Å². The van der Waals surface area contributed by atoms with Crippen LogP contribution in [0.25, 0.3) is 0 Å². The van der Waals surface area contributed by atoms with Gasteiger partial charge in [0.1, 0.15) is 13.2 Å². The Kier molecular flexibility index (Phi) is 65.4. The molecule has 0 saturated carbocycles. The van der Waals surface area contributed by atoms with E-state index in [1.54, 1.807) is 6.08 Å². The average Bonchev–Trinajstić information content (AvgIpc) is 3.49. The second-order valence-electron chi connectivity index (χ2n) is 22.0. The van der Waals surface area contributed by atoms with Crippen LogP contribution in [0.3, 0.4) is 0 Å². The van der Waals surface area contributed by atoms with Crippen LogP contribution < -0.4 is 0 Å². The van der Waals surface area contributed by atoms with E-state index >= 15 is 0 Å². The summed E-state index contributed by atoms with van der Waals surface area (Å²) in [5, 5.41) is 0. The minimum Gasteiger partial charge on any atom is -0.462 e. The SMILES string of the molecule is CC/C=C\C/C=C\C/C=C\C/C=C\C/C=C\CC(=O)OCC(COC(=O)CCCCCCCCCCCCCCCCCCCCCC/C=C\C/C=C\C/C=C\C/C=C\CC)OC(=O)CCCCCC/C=C\C/C=C\C/C=C\C/C=C\CC. The van der Waals surface area contributed by atoms with Crippen LogP contribution in [0, 0.1) is 0 Å². The molecule has 0 fully saturated rings. The van der Waals surface area contributed by atoms with Crippen LogP contribution in [0.15, 0.2) is 158 Å². The van der Waals surface area contributed by atoms with E-state index in [2.05, 4.69) is 167 Å². The van der Waals surface area contributed by atoms with Crippen molar-refractivity contribution >= 4 is 17.9 Å². The molecular weight excluding hydrogens is 1020 g/mol. The number of hydrogen-bond acceptors (Lipinski definition) is 6. The molecule has 1 unspecified atom stereocenters. The first-order chi connectivity index (χ1) is 41.0. The lowest BCUT2D eigenvalue weighted by Gasteiger charge is -2.18. The molecule has 0 aromatic rings. The van der Waals surface area contributed by atoms with Crippen LogP contribution in [0.4, 0.5) is 0 Å². The summed E-state index contributed by atoms with van der Waals surface area (Å²) in [6.45, 7) is 6.20. The molecule has 6 heteroatoms. The summed E-state index contributed by atoms with van der Waals surface area (Å²) in [7, 11) is 0. The Morgan fingerprint density at radius 1 is 0.253 bits per heavy atom. The molecule has 6 nitrogen and oxygen atoms in total. The van der Waals surface area contributed by atoms with Crippen molar-refractivity contribution in [1.29, 1.82) is 0 Å². The van der Waals surface area contributed by atoms with Crippen LogP contribution in [0.1, 0.15) is 290 Å². The van der Waals surface area contributed by atoms with E-state index in [1.165, 1.54) is 116 Å². The first kappa shape index (κ1) is 78.0. The highest BCUT2D eigenvalue weighted by Gasteiger charge is 2.19. The van der Waals surface area contributed by atoms with E-state index < -0.39 is 12.1 Å². The number of carbonyl (C=O) groups excluding carboxylic acids is 3. The summed E-state index contributed by atoms with van der Waals surface area (Å²) in [5.41, 5.74) is 0. The first-order valence-electron chi connectivity index (χ1n) is 34.0. The van der Waals surface area contributed by atoms with Gasteiger partial charge in [-0.25, -0.2) is 0 Å². The predicted octanol–water partition coefficient (Wildman–Crippen LogP) is 23.7. The van der Waals surface area contributed by atoms with Crippen molar-refractivity contribution in [3.8, 4) is 0 Å². The zero-order chi connectivity index (χ0) is 59.9. The molecule has 0 N–H and O–H groups in total. The Labute approximate surface area is 511 Å². The largest absolute Gasteiger partial charge is 0.462 e. The van der Waals surface area contributed by atoms with Crippen molar-refractivity contribution in [2.24, 2.45) is 0 Å². The molecule has 0 aliphatic carbocycles. The molecule has 0 spiro atoms. The van der Waals surface area contributed by atoms with Gasteiger partial charge in [-0.15, -0.1) is 0 Å². The third-order valence-electron chi connectivity index (χ3n) is 14.0. The van der Waals surface area contributed by atoms with Crippen molar-refractivity contribution in [2.45, 2.75) is 297 Å². The van der Waals surface area contributed by atoms with Crippen LogP contribution >= 0.6 is 0 Å². The molecule has 0 aliphatic heterocycles. The van der Waals surface area contributed by atoms with Gasteiger partial charge in [0.25, 0.3) is 0 Å². The summed E-state index contributed by atoms with van der Waals surface area (Å²) >= 11 is 0. The number of esters is 3. The van der Waals surface area contributed by atoms with Gasteiger partial charge in [-0.2, -0.15) is 0 Å². The van der Waals surface area contributed by atoms with E-state index in [-0.39, 0.29) is 38.0 Å². The summed E-state index contributed by atoms with van der Waals surface area (Å²) in [5.74, 6) is -1.08. The van der Waals surface area contributed by atoms with Gasteiger partial charge in [0.15, 0.2) is 6.10 Å². The molecule has 0 saturated heterocycles. The molecular formula is C77H124O6. The smallest absolute Gasteiger partial charge is 0.309 e. The lowest BCUT2D eigenvalue weighted by molar-refractivity contribution is -0.166. The maximum Gasteiger partial charge on any atom is 0.309 e. The van der Waals surface area contributed by atoms with Gasteiger partial charge in [-0.3, -0.25) is 14.4 Å². The van der Waals surface area contributed by atoms with Gasteiger partial charge in [0, 0.05) is 12.8 Å². The molecule has 83 heavy (non-hydrogen) atoms. The molecule has 0 aromatic heterocycles. The minimum absolute atomic E-state index is 0.116. The fourth-order valence-corrected chi connectivity index (χ4v) is 9.09. The number of unbranched alkanes of at least 4 members (excludes halogenated alkanes) is 24. The molecule has 0 rings (SSSR count). The van der Waals surface area contributed by atoms with Gasteiger partial charge in [-0.05, 0) is 122 Å². The van der Waals surface area contributed by atoms with E-state index in [0.717, 1.165) is 135 Å². The van der Waals surface area contributed by atoms with Crippen molar-refractivity contribution in [3.05, 3.63) is 158 Å². The minimum atomic E-state index is -0.837. The number of hydrogen-bond donors (Lipinski definition) is 0. The van der Waals surface area contributed by atoms with E-state index in [1.807, 2.05) is 6.08 Å². The zero-order valence-corrected chi connectivity index (χ0v) is 53.7. The molecule has 0 bridgehead atoms. The number of allylic oxidation sites excluding steroid dienone is 25. The molecule has 0 aliphatic rings. The van der Waals surface area contributed by atoms with Gasteiger partial charge in [0.05, 0.1) is 6.42 Å². The Morgan fingerprint density at radius 2 is 0.482 bits per heavy atom. The van der Waals surface area contributed by atoms with Gasteiger partial charge in [-0.1, -0.05) is 307 Å². The molecule has 1 atom stereocenters. The maximum atomic E-state index is 12.9. The van der Waals surface area contributed by atoms with Gasteiger partial charge < -0.3 is 14.2 Å². The molecule has 0 aromatic carbocycles. The summed E-state index contributed by atoms with van der Waals surface area (Å²) in [6.07, 6.45) is 102. The molecule has 0 amide bonds. The second kappa shape index (κ2) is 69.5. The lowest BCUT2D eigenvalue weighted by Crippen LogP contribution is -2.30. The predicted molar refractivity (Wildman–Crippen MR) is 362 cm³/mol. The molecule has 0 heterocycles. The van der Waals surface area contributed by atoms with Crippen molar-refractivity contribution in [2.75, 3.05) is 13.2 Å². The van der Waals surface area contributed by atoms with Crippen molar-refractivity contribution < 1.29 is 28.6 Å². The Balaban J connectivity index is 4.29. The lowest BCUT2D eigenvalue weighted by atomic mass is 10.0. The Hall–Kier alpha value is -4.97. The fourth-order valence-electron chi connectivity index (χ4n) is 9.09. The van der Waals surface area contributed by atoms with Crippen LogP contribution in [-0.2, 0) is 28.6 Å². The quantitative estimate of drug-likeness (QED) is 0.0261. The fraction of sp³-hybridized carbons (Fsp3) is 0.623. The Morgan fingerprint density at radius 3 is 0.783 bits per heavy atom. The standard InChI is InChI=1S/C77H124O6/c1-4-7-10-13-16-19-22-25-28-30-31-32-33-34-35-36-37-38-39-40-41-42-43-44-45-47-49-52-55-58-61-64-67-70-76(79)82-73-74(72-81-75(78)69-66-63-60-57-54-51-48-27-24-21-18-15-12-9-6-3)83-77(80)71-68-65-62-59-56-53-50-46-29-26-23-20-17-14-11-8-5-2/h7-12,16-21,25-29,31-32,48,50,53-54,57,63,66,74H,4-6,13-15,22-24,30,33-47,49,51-52,55-56,58-62,64-65,67-73H2,1-3H3/b10-7-,11-8-,12-9-,19-16-,20-17-,21-18-,28-25-,29-26-,32-31-,48-27-,53-50-,57-54-,66-63-. The Bertz CT molecular complexity index is 1840. The zero-order valence-electron chi connectivity index (χ0n) is 53.7. The van der Waals surface area contributed by atoms with E-state index in [9.17, 15) is 14.4 Å². The monoisotopic (exact) mass is 1140 g/mol. The van der Waals surface area contributed by atoms with Gasteiger partial charge >= 0.3 is 17.9 Å². The first-order valence-corrected chi connectivity index (χ1v) is 34.0. The maximum absolute atomic E-state index is 12.9. The highest BCUT2D eigenvalue weighted by molar-refractivity contribution is 5.72. The third-order valence-corrected chi connectivity index (χ3v) is 14.0. The summed E-state index contributed by atoms with van der Waals surface area (Å²) in [6, 6.07) is 0. The molecule has 0 radical (unpaired) electrons. The third kappa shape index (κ3) is 67.7. The van der Waals surface area contributed by atoms with E-state index in [4.69, 9.17) is 14.2 Å². The normalized spacial score (nSPS) is 13.1. The summed E-state index contributed by atoms with van der Waals surface area (Å²) in [4.78, 5) is 38.3. The average molecular weight is 1150 g/mol. The number of ether oxygens (including phenoxy) is 3. The molecule has 468 valence electrons. The number of carbonyl (C=O) groups is 3. The van der Waals surface area contributed by atoms with Gasteiger partial charge in [0.2, 0.25) is 0 Å². The van der Waals surface area contributed by atoms with Crippen LogP contribution in [-0.4, -0.2) is 37.2 Å². The number of rotatable bonds is 60. The van der Waals surface area contributed by atoms with Crippen molar-refractivity contribution in [1.82, 2.24) is 0 Å². The summed E-state index contributed by atoms with van der Waals surface area (Å²) < 4.78 is 16.8. The van der Waals surface area contributed by atoms with E-state index in [0.29, 0.717) is 6.42 Å².